The van der Waals surface area contributed by atoms with Gasteiger partial charge >= 0.3 is 0 Å². The van der Waals surface area contributed by atoms with Crippen LogP contribution in [0, 0.1) is 0 Å². The highest BCUT2D eigenvalue weighted by Gasteiger charge is 2.41. The average molecular weight is 313 g/mol. The topological polar surface area (TPSA) is 75.5 Å². The molecule has 6 nitrogen and oxygen atoms in total. The van der Waals surface area contributed by atoms with Gasteiger partial charge in [-0.2, -0.15) is 0 Å². The van der Waals surface area contributed by atoms with Gasteiger partial charge in [0.15, 0.2) is 0 Å². The van der Waals surface area contributed by atoms with E-state index in [-0.39, 0.29) is 18.6 Å². The fourth-order valence-corrected chi connectivity index (χ4v) is 2.77. The lowest BCUT2D eigenvalue weighted by Gasteiger charge is -2.42. The van der Waals surface area contributed by atoms with Crippen molar-refractivity contribution in [3.63, 3.8) is 0 Å². The molecule has 0 bridgehead atoms. The molecule has 120 valence electrons. The minimum Gasteiger partial charge on any atom is -0.487 e. The molecular formula is C17H19N3O3. The Morgan fingerprint density at radius 2 is 2.00 bits per heavy atom. The van der Waals surface area contributed by atoms with Gasteiger partial charge in [-0.1, -0.05) is 18.2 Å². The standard InChI is InChI=1S/C17H19N3O3/c1-17(22)11-20(16(21)13-9-18-12-19-10-13)8-7-15(17)23-14-5-3-2-4-6-14/h2-6,9-10,12,15,22H,7-8,11H2,1H3/t15-,17-/m0/s1. The van der Waals surface area contributed by atoms with Gasteiger partial charge < -0.3 is 14.7 Å². The summed E-state index contributed by atoms with van der Waals surface area (Å²) in [6.45, 7) is 2.42. The molecule has 2 atom stereocenters. The molecule has 0 radical (unpaired) electrons. The van der Waals surface area contributed by atoms with Gasteiger partial charge in [-0.3, -0.25) is 4.79 Å². The second-order valence-electron chi connectivity index (χ2n) is 5.92. The Bertz CT molecular complexity index is 661. The number of para-hydroxylation sites is 1. The van der Waals surface area contributed by atoms with Gasteiger partial charge in [0.25, 0.3) is 5.91 Å². The van der Waals surface area contributed by atoms with E-state index in [1.54, 1.807) is 11.8 Å². The molecule has 0 saturated carbocycles. The number of hydrogen-bond acceptors (Lipinski definition) is 5. The number of hydrogen-bond donors (Lipinski definition) is 1. The number of carbonyl (C=O) groups is 1. The number of carbonyl (C=O) groups excluding carboxylic acids is 1. The summed E-state index contributed by atoms with van der Waals surface area (Å²) < 4.78 is 5.89. The molecule has 0 unspecified atom stereocenters. The van der Waals surface area contributed by atoms with E-state index in [2.05, 4.69) is 9.97 Å². The average Bonchev–Trinajstić information content (AvgIpc) is 2.57. The summed E-state index contributed by atoms with van der Waals surface area (Å²) >= 11 is 0. The predicted molar refractivity (Wildman–Crippen MR) is 84.0 cm³/mol. The molecule has 1 N–H and O–H groups in total. The summed E-state index contributed by atoms with van der Waals surface area (Å²) in [5.74, 6) is 0.540. The zero-order chi connectivity index (χ0) is 16.3. The van der Waals surface area contributed by atoms with Crippen LogP contribution in [0.2, 0.25) is 0 Å². The molecule has 23 heavy (non-hydrogen) atoms. The largest absolute Gasteiger partial charge is 0.487 e. The number of aromatic nitrogens is 2. The van der Waals surface area contributed by atoms with Gasteiger partial charge in [-0.15, -0.1) is 0 Å². The maximum absolute atomic E-state index is 12.4. The molecule has 1 saturated heterocycles. The maximum atomic E-state index is 12.4. The van der Waals surface area contributed by atoms with Crippen molar-refractivity contribution in [2.24, 2.45) is 0 Å². The second-order valence-corrected chi connectivity index (χ2v) is 5.92. The molecule has 3 rings (SSSR count). The molecule has 0 aliphatic carbocycles. The lowest BCUT2D eigenvalue weighted by atomic mass is 9.91. The molecule has 2 heterocycles. The van der Waals surface area contributed by atoms with Crippen molar-refractivity contribution in [1.29, 1.82) is 0 Å². The van der Waals surface area contributed by atoms with Crippen molar-refractivity contribution in [2.45, 2.75) is 25.0 Å². The lowest BCUT2D eigenvalue weighted by Crippen LogP contribution is -2.58. The lowest BCUT2D eigenvalue weighted by molar-refractivity contribution is -0.0899. The number of aliphatic hydroxyl groups is 1. The molecule has 6 heteroatoms. The molecule has 1 fully saturated rings. The number of benzene rings is 1. The van der Waals surface area contributed by atoms with E-state index in [9.17, 15) is 9.90 Å². The summed E-state index contributed by atoms with van der Waals surface area (Å²) in [5.41, 5.74) is -0.704. The van der Waals surface area contributed by atoms with Gasteiger partial charge in [0.05, 0.1) is 12.1 Å². The Morgan fingerprint density at radius 1 is 1.30 bits per heavy atom. The van der Waals surface area contributed by atoms with Crippen LogP contribution < -0.4 is 4.74 Å². The third-order valence-electron chi connectivity index (χ3n) is 3.98. The molecule has 1 amide bonds. The highest BCUT2D eigenvalue weighted by molar-refractivity contribution is 5.93. The minimum absolute atomic E-state index is 0.177. The van der Waals surface area contributed by atoms with Crippen LogP contribution in [0.1, 0.15) is 23.7 Å². The number of amides is 1. The zero-order valence-electron chi connectivity index (χ0n) is 12.9. The number of piperidine rings is 1. The normalized spacial score (nSPS) is 24.3. The molecule has 1 aliphatic rings. The van der Waals surface area contributed by atoms with Crippen molar-refractivity contribution in [1.82, 2.24) is 14.9 Å². The maximum Gasteiger partial charge on any atom is 0.257 e. The first-order valence-electron chi connectivity index (χ1n) is 7.54. The first kappa shape index (κ1) is 15.4. The molecular weight excluding hydrogens is 294 g/mol. The molecule has 1 aromatic heterocycles. The Hall–Kier alpha value is -2.47. The van der Waals surface area contributed by atoms with Gasteiger partial charge in [0.2, 0.25) is 0 Å². The van der Waals surface area contributed by atoms with Crippen molar-refractivity contribution in [2.75, 3.05) is 13.1 Å². The Balaban J connectivity index is 1.69. The summed E-state index contributed by atoms with van der Waals surface area (Å²) in [6.07, 6.45) is 4.54. The van der Waals surface area contributed by atoms with Crippen molar-refractivity contribution in [3.8, 4) is 5.75 Å². The van der Waals surface area contributed by atoms with E-state index in [0.717, 1.165) is 0 Å². The summed E-state index contributed by atoms with van der Waals surface area (Å²) in [7, 11) is 0. The Kier molecular flexibility index (Phi) is 4.25. The van der Waals surface area contributed by atoms with Gasteiger partial charge in [0, 0.05) is 25.4 Å². The van der Waals surface area contributed by atoms with Crippen molar-refractivity contribution in [3.05, 3.63) is 54.6 Å². The van der Waals surface area contributed by atoms with Crippen LogP contribution in [0.4, 0.5) is 0 Å². The quantitative estimate of drug-likeness (QED) is 0.930. The fourth-order valence-electron chi connectivity index (χ4n) is 2.77. The van der Waals surface area contributed by atoms with Gasteiger partial charge in [-0.05, 0) is 19.1 Å². The van der Waals surface area contributed by atoms with Crippen LogP contribution in [0.25, 0.3) is 0 Å². The number of nitrogens with zero attached hydrogens (tertiary/aromatic N) is 3. The Labute approximate surface area is 134 Å². The van der Waals surface area contributed by atoms with Gasteiger partial charge in [-0.25, -0.2) is 9.97 Å². The number of β-amino-alcohol motifs (C(OH)–C–C–N with tert-alkyl or cyclic N) is 1. The van der Waals surface area contributed by atoms with Gasteiger partial charge in [0.1, 0.15) is 23.8 Å². The number of ether oxygens (including phenoxy) is 1. The predicted octanol–water partition coefficient (Wildman–Crippen LogP) is 1.52. The number of likely N-dealkylation sites (tertiary alicyclic amines) is 1. The minimum atomic E-state index is -1.13. The highest BCUT2D eigenvalue weighted by Crippen LogP contribution is 2.27. The number of rotatable bonds is 3. The van der Waals surface area contributed by atoms with E-state index in [0.29, 0.717) is 24.3 Å². The van der Waals surface area contributed by atoms with E-state index in [1.165, 1.54) is 18.7 Å². The third-order valence-corrected chi connectivity index (χ3v) is 3.98. The van der Waals surface area contributed by atoms with Crippen molar-refractivity contribution >= 4 is 5.91 Å². The van der Waals surface area contributed by atoms with Crippen LogP contribution in [0.3, 0.4) is 0 Å². The zero-order valence-corrected chi connectivity index (χ0v) is 12.9. The Morgan fingerprint density at radius 3 is 2.65 bits per heavy atom. The van der Waals surface area contributed by atoms with E-state index >= 15 is 0 Å². The monoisotopic (exact) mass is 313 g/mol. The van der Waals surface area contributed by atoms with E-state index < -0.39 is 5.60 Å². The molecule has 1 aromatic carbocycles. The first-order chi connectivity index (χ1) is 11.1. The highest BCUT2D eigenvalue weighted by atomic mass is 16.5. The molecule has 1 aliphatic heterocycles. The van der Waals surface area contributed by atoms with E-state index in [1.807, 2.05) is 30.3 Å². The second kappa shape index (κ2) is 6.34. The smallest absolute Gasteiger partial charge is 0.257 e. The SMILES string of the molecule is C[C@]1(O)CN(C(=O)c2cncnc2)CC[C@@H]1Oc1ccccc1. The van der Waals surface area contributed by atoms with Crippen LogP contribution in [-0.2, 0) is 0 Å². The van der Waals surface area contributed by atoms with E-state index in [4.69, 9.17) is 4.74 Å². The molecule has 2 aromatic rings. The van der Waals surface area contributed by atoms with Crippen LogP contribution >= 0.6 is 0 Å². The van der Waals surface area contributed by atoms with Crippen LogP contribution in [-0.4, -0.2) is 50.7 Å². The fraction of sp³-hybridized carbons (Fsp3) is 0.353. The summed E-state index contributed by atoms with van der Waals surface area (Å²) in [6, 6.07) is 9.40. The van der Waals surface area contributed by atoms with Crippen LogP contribution in [0.15, 0.2) is 49.1 Å². The summed E-state index contributed by atoms with van der Waals surface area (Å²) in [4.78, 5) is 21.8. The van der Waals surface area contributed by atoms with Crippen LogP contribution in [0.5, 0.6) is 5.75 Å². The first-order valence-corrected chi connectivity index (χ1v) is 7.54. The third kappa shape index (κ3) is 3.48. The molecule has 0 spiro atoms. The van der Waals surface area contributed by atoms with Crippen molar-refractivity contribution < 1.29 is 14.6 Å². The summed E-state index contributed by atoms with van der Waals surface area (Å²) in [5, 5.41) is 10.7.